The minimum absolute atomic E-state index is 0.0884. The Hall–Kier alpha value is -3.15. The molecule has 0 bridgehead atoms. The van der Waals surface area contributed by atoms with Crippen LogP contribution in [0.3, 0.4) is 0 Å². The van der Waals surface area contributed by atoms with E-state index in [9.17, 15) is 4.79 Å². The lowest BCUT2D eigenvalue weighted by Gasteiger charge is -2.40. The van der Waals surface area contributed by atoms with Crippen LogP contribution in [0.4, 0.5) is 5.69 Å². The topological polar surface area (TPSA) is 77.9 Å². The second-order valence-electron chi connectivity index (χ2n) is 9.24. The number of benzene rings is 1. The summed E-state index contributed by atoms with van der Waals surface area (Å²) in [6.07, 6.45) is 10.8. The Morgan fingerprint density at radius 2 is 2.03 bits per heavy atom. The van der Waals surface area contributed by atoms with Crippen LogP contribution in [-0.2, 0) is 4.79 Å². The third kappa shape index (κ3) is 5.01. The van der Waals surface area contributed by atoms with E-state index in [1.54, 1.807) is 0 Å². The number of hydrogen-bond donors (Lipinski definition) is 3. The zero-order valence-electron chi connectivity index (χ0n) is 19.4. The van der Waals surface area contributed by atoms with Gasteiger partial charge < -0.3 is 16.0 Å². The summed E-state index contributed by atoms with van der Waals surface area (Å²) in [5.41, 5.74) is 5.04. The lowest BCUT2D eigenvalue weighted by Crippen LogP contribution is -2.39. The number of nitrogens with zero attached hydrogens (tertiary/aromatic N) is 2. The standard InChI is InChI=1S/C26H33N5O/c1-16(2)22-14-24(31-23-9-8-21(22)23)26(32)30-20-7-5-6-19(13-20)18(4)27-10-11-28-25-12-17(3)15-29-25/h5-7,10-11,13-16,18,21,23,27H,8-9,12H2,1-4H3,(H,28,29)(H,30,32). The van der Waals surface area contributed by atoms with Crippen molar-refractivity contribution in [1.29, 1.82) is 0 Å². The van der Waals surface area contributed by atoms with Crippen LogP contribution in [0.1, 0.15) is 58.6 Å². The fourth-order valence-corrected chi connectivity index (χ4v) is 4.36. The Morgan fingerprint density at radius 1 is 1.19 bits per heavy atom. The number of anilines is 1. The quantitative estimate of drug-likeness (QED) is 0.577. The molecule has 3 unspecified atom stereocenters. The van der Waals surface area contributed by atoms with E-state index in [0.717, 1.165) is 29.9 Å². The fourth-order valence-electron chi connectivity index (χ4n) is 4.36. The average molecular weight is 432 g/mol. The number of amides is 1. The summed E-state index contributed by atoms with van der Waals surface area (Å²) in [4.78, 5) is 21.9. The predicted octanol–water partition coefficient (Wildman–Crippen LogP) is 4.86. The van der Waals surface area contributed by atoms with E-state index >= 15 is 0 Å². The van der Waals surface area contributed by atoms with Gasteiger partial charge in [0.25, 0.3) is 5.91 Å². The molecule has 4 rings (SSSR count). The van der Waals surface area contributed by atoms with Crippen molar-refractivity contribution >= 4 is 23.1 Å². The van der Waals surface area contributed by atoms with Crippen molar-refractivity contribution in [2.24, 2.45) is 21.8 Å². The van der Waals surface area contributed by atoms with Crippen LogP contribution in [0.25, 0.3) is 0 Å². The second kappa shape index (κ2) is 9.55. The second-order valence-corrected chi connectivity index (χ2v) is 9.24. The van der Waals surface area contributed by atoms with Gasteiger partial charge in [0.1, 0.15) is 11.5 Å². The first kappa shape index (κ1) is 22.1. The van der Waals surface area contributed by atoms with Crippen LogP contribution in [0.5, 0.6) is 0 Å². The molecule has 6 nitrogen and oxygen atoms in total. The van der Waals surface area contributed by atoms with Crippen LogP contribution in [0.15, 0.2) is 70.1 Å². The zero-order valence-corrected chi connectivity index (χ0v) is 19.4. The maximum absolute atomic E-state index is 12.9. The van der Waals surface area contributed by atoms with E-state index in [4.69, 9.17) is 4.99 Å². The summed E-state index contributed by atoms with van der Waals surface area (Å²) in [6, 6.07) is 8.31. The van der Waals surface area contributed by atoms with Gasteiger partial charge >= 0.3 is 0 Å². The number of dihydropyridines is 1. The molecule has 32 heavy (non-hydrogen) atoms. The zero-order chi connectivity index (χ0) is 22.7. The van der Waals surface area contributed by atoms with Crippen LogP contribution in [0, 0.1) is 11.8 Å². The number of hydrogen-bond acceptors (Lipinski definition) is 5. The first-order valence-electron chi connectivity index (χ1n) is 11.5. The normalized spacial score (nSPS) is 22.9. The highest BCUT2D eigenvalue weighted by atomic mass is 16.1. The summed E-state index contributed by atoms with van der Waals surface area (Å²) in [5.74, 6) is 1.80. The van der Waals surface area contributed by atoms with Gasteiger partial charge in [0.05, 0.1) is 6.04 Å². The maximum Gasteiger partial charge on any atom is 0.273 e. The Balaban J connectivity index is 1.34. The summed E-state index contributed by atoms with van der Waals surface area (Å²) in [7, 11) is 0. The van der Waals surface area contributed by atoms with Crippen molar-refractivity contribution < 1.29 is 4.79 Å². The number of fused-ring (bicyclic) bond motifs is 1. The number of carbonyl (C=O) groups is 1. The molecule has 1 aromatic carbocycles. The number of aliphatic imine (C=N–C) groups is 2. The van der Waals surface area contributed by atoms with Gasteiger partial charge in [-0.15, -0.1) is 0 Å². The minimum atomic E-state index is -0.128. The fraction of sp³-hybridized carbons (Fsp3) is 0.423. The van der Waals surface area contributed by atoms with Gasteiger partial charge in [-0.25, -0.2) is 4.99 Å². The molecule has 3 atom stereocenters. The summed E-state index contributed by atoms with van der Waals surface area (Å²) in [6.45, 7) is 8.55. The highest BCUT2D eigenvalue weighted by Gasteiger charge is 2.38. The van der Waals surface area contributed by atoms with Crippen LogP contribution >= 0.6 is 0 Å². The van der Waals surface area contributed by atoms with Crippen molar-refractivity contribution in [1.82, 2.24) is 10.6 Å². The van der Waals surface area contributed by atoms with Crippen LogP contribution in [-0.4, -0.2) is 23.5 Å². The molecule has 6 heteroatoms. The van der Waals surface area contributed by atoms with E-state index in [2.05, 4.69) is 54.7 Å². The van der Waals surface area contributed by atoms with E-state index in [1.165, 1.54) is 17.6 Å². The highest BCUT2D eigenvalue weighted by molar-refractivity contribution is 6.47. The highest BCUT2D eigenvalue weighted by Crippen LogP contribution is 2.41. The molecule has 2 heterocycles. The predicted molar refractivity (Wildman–Crippen MR) is 132 cm³/mol. The van der Waals surface area contributed by atoms with E-state index in [-0.39, 0.29) is 18.0 Å². The van der Waals surface area contributed by atoms with Crippen molar-refractivity contribution in [2.75, 3.05) is 5.32 Å². The van der Waals surface area contributed by atoms with Crippen molar-refractivity contribution in [3.63, 3.8) is 0 Å². The SMILES string of the molecule is CC1=CN=C(NC=CNC(C)c2cccc(NC(=O)C3=NC4CCC4C(C(C)C)=C3)c2)C1. The smallest absolute Gasteiger partial charge is 0.273 e. The van der Waals surface area contributed by atoms with Gasteiger partial charge in [-0.2, -0.15) is 0 Å². The van der Waals surface area contributed by atoms with E-state index < -0.39 is 0 Å². The lowest BCUT2D eigenvalue weighted by molar-refractivity contribution is -0.110. The first-order chi connectivity index (χ1) is 15.4. The lowest BCUT2D eigenvalue weighted by atomic mass is 9.70. The van der Waals surface area contributed by atoms with Gasteiger partial charge in [0, 0.05) is 42.7 Å². The molecule has 0 saturated heterocycles. The van der Waals surface area contributed by atoms with Gasteiger partial charge in [0.2, 0.25) is 0 Å². The Kier molecular flexibility index (Phi) is 6.58. The third-order valence-corrected chi connectivity index (χ3v) is 6.38. The molecule has 1 aliphatic carbocycles. The molecular formula is C26H33N5O. The van der Waals surface area contributed by atoms with E-state index in [0.29, 0.717) is 17.5 Å². The number of nitrogens with one attached hydrogen (secondary N) is 3. The molecule has 1 fully saturated rings. The largest absolute Gasteiger partial charge is 0.383 e. The molecular weight excluding hydrogens is 398 g/mol. The minimum Gasteiger partial charge on any atom is -0.383 e. The monoisotopic (exact) mass is 431 g/mol. The average Bonchev–Trinajstić information content (AvgIpc) is 3.16. The Labute approximate surface area is 190 Å². The third-order valence-electron chi connectivity index (χ3n) is 6.38. The van der Waals surface area contributed by atoms with Crippen molar-refractivity contribution in [3.05, 3.63) is 65.7 Å². The Morgan fingerprint density at radius 3 is 2.72 bits per heavy atom. The molecule has 3 N–H and O–H groups in total. The molecule has 0 radical (unpaired) electrons. The summed E-state index contributed by atoms with van der Waals surface area (Å²) >= 11 is 0. The summed E-state index contributed by atoms with van der Waals surface area (Å²) in [5, 5.41) is 9.59. The molecule has 0 spiro atoms. The van der Waals surface area contributed by atoms with E-state index in [1.807, 2.05) is 42.9 Å². The van der Waals surface area contributed by atoms with Crippen LogP contribution in [0.2, 0.25) is 0 Å². The number of rotatable bonds is 7. The number of carbonyl (C=O) groups excluding carboxylic acids is 1. The van der Waals surface area contributed by atoms with Crippen LogP contribution < -0.4 is 16.0 Å². The summed E-state index contributed by atoms with van der Waals surface area (Å²) < 4.78 is 0. The van der Waals surface area contributed by atoms with Gasteiger partial charge in [-0.1, -0.05) is 31.6 Å². The maximum atomic E-state index is 12.9. The van der Waals surface area contributed by atoms with Gasteiger partial charge in [-0.05, 0) is 62.0 Å². The van der Waals surface area contributed by atoms with Crippen molar-refractivity contribution in [3.8, 4) is 0 Å². The van der Waals surface area contributed by atoms with Crippen molar-refractivity contribution in [2.45, 2.75) is 59.0 Å². The molecule has 3 aliphatic rings. The first-order valence-corrected chi connectivity index (χ1v) is 11.5. The molecule has 1 aromatic rings. The molecule has 0 aromatic heterocycles. The molecule has 1 amide bonds. The van der Waals surface area contributed by atoms with Gasteiger partial charge in [-0.3, -0.25) is 9.79 Å². The Bertz CT molecular complexity index is 1030. The molecule has 1 saturated carbocycles. The molecule has 168 valence electrons. The van der Waals surface area contributed by atoms with Gasteiger partial charge in [0.15, 0.2) is 0 Å². The number of amidine groups is 1. The molecule has 2 aliphatic heterocycles.